The van der Waals surface area contributed by atoms with Crippen molar-refractivity contribution >= 4 is 95.4 Å². The summed E-state index contributed by atoms with van der Waals surface area (Å²) in [7, 11) is 0. The average Bonchev–Trinajstić information content (AvgIpc) is 1.20. The molecule has 39 nitrogen and oxygen atoms in total. The minimum atomic E-state index is -1.95. The normalized spacial score (nSPS) is 20.2. The zero-order valence-electron chi connectivity index (χ0n) is 68.8. The molecule has 1 aliphatic rings. The fraction of sp³-hybridized carbons (Fsp3) is 0.703. The maximum absolute atomic E-state index is 15.3. The van der Waals surface area contributed by atoms with Gasteiger partial charge >= 0.3 is 30.5 Å². The number of ether oxygens (including phenoxy) is 5. The lowest BCUT2D eigenvalue weighted by Crippen LogP contribution is -2.62. The molecular weight excluding hydrogens is 1480 g/mol. The summed E-state index contributed by atoms with van der Waals surface area (Å²) in [6.07, 6.45) is -11.5. The third-order valence-electron chi connectivity index (χ3n) is 15.5. The molecule has 0 bridgehead atoms. The second-order valence-electron chi connectivity index (χ2n) is 32.6. The molecule has 1 fully saturated rings. The predicted octanol–water partition coefficient (Wildman–Crippen LogP) is -0.00140. The molecule has 0 aliphatic carbocycles. The summed E-state index contributed by atoms with van der Waals surface area (Å²) in [5, 5.41) is 62.3. The van der Waals surface area contributed by atoms with E-state index in [0.29, 0.717) is 5.56 Å². The number of carbonyl (C=O) groups is 16. The lowest BCUT2D eigenvalue weighted by atomic mass is 10.00. The highest BCUT2D eigenvalue weighted by Gasteiger charge is 2.39. The molecule has 2 rings (SSSR count). The van der Waals surface area contributed by atoms with Crippen molar-refractivity contribution in [2.24, 2.45) is 5.92 Å². The summed E-state index contributed by atoms with van der Waals surface area (Å²) in [5.74, 6) is -12.3. The monoisotopic (exact) mass is 1600 g/mol. The number of alkyl carbamates (subject to hydrolysis) is 5. The highest BCUT2D eigenvalue weighted by Crippen LogP contribution is 2.16. The minimum absolute atomic E-state index is 0.124. The first-order chi connectivity index (χ1) is 52.1. The minimum Gasteiger partial charge on any atom is -0.444 e. The standard InChI is InChI=1S/C74H124N16O23/c1-40(2)38-51-61(100)85-47(28-34-77-66(105)110-71(9,10)11)56(95)84-50(31-37-80-69(108)113-74(18,19)20)60(99)89-53(41(3)91)63(102)75-32-26-46(55(94)83-48(29-35-78-67(106)111-72(12,13)14)58(97)88-52(62(101)87-51)39-44-24-22-21-23-25-44)82-57(96)49(30-36-79-68(107)112-73(15,16)17)86-64(103)54(42(4)92)90-59(98)45(81-43(5)93)27-33-76-65(104)109-70(6,7)8/h21-25,40-42,45-54,91-92H,26-39H2,1-20H3,(H,75,102)(H,76,104)(H,77,105)(H,78,106)(H,79,107)(H,80,108)(H,81,93)(H,82,96)(H,83,94)(H,84,95)(H,85,100)(H,86,103)(H,87,101)(H,88,97)(H,89,99)(H,90,98)/t41-,42-,45+,46+,47+,48+,49+,50+,51+,52-,53+,54+/m1/s1. The van der Waals surface area contributed by atoms with E-state index < -0.39 is 254 Å². The molecule has 18 N–H and O–H groups in total. The Labute approximate surface area is 660 Å². The Kier molecular flexibility index (Phi) is 40.2. The largest absolute Gasteiger partial charge is 0.444 e. The van der Waals surface area contributed by atoms with E-state index in [1.54, 1.807) is 148 Å². The molecule has 39 heteroatoms. The van der Waals surface area contributed by atoms with E-state index >= 15 is 19.2 Å². The van der Waals surface area contributed by atoms with E-state index in [-0.39, 0.29) is 38.3 Å². The number of hydrogen-bond acceptors (Lipinski definition) is 23. The Bertz CT molecular complexity index is 3400. The molecule has 1 aliphatic heterocycles. The first-order valence-corrected chi connectivity index (χ1v) is 37.6. The SMILES string of the molecule is CC(=O)N[C@@H](CCNC(=O)OC(C)(C)C)C(=O)N[C@H](C(=O)N[C@@H](CCNC(=O)OC(C)(C)C)C(=O)N[C@H]1CCNC(=O)[C@H]([C@@H](C)O)NC(=O)[C@H](CCNC(=O)OC(C)(C)C)NC(=O)[C@H](CCNC(=O)OC(C)(C)C)NC(=O)[C@H](CC(C)C)NC(=O)[C@@H](Cc2ccccc2)NC(=O)[C@H](CCNC(=O)OC(C)(C)C)NC1=O)[C@@H](C)O. The van der Waals surface area contributed by atoms with E-state index in [4.69, 9.17) is 23.7 Å². The van der Waals surface area contributed by atoms with Crippen LogP contribution in [0.1, 0.15) is 189 Å². The summed E-state index contributed by atoms with van der Waals surface area (Å²) in [6.45, 7) is 28.0. The van der Waals surface area contributed by atoms with Crippen molar-refractivity contribution in [1.29, 1.82) is 0 Å². The summed E-state index contributed by atoms with van der Waals surface area (Å²) in [6, 6.07) is -9.28. The molecule has 0 radical (unpaired) electrons. The summed E-state index contributed by atoms with van der Waals surface area (Å²) in [4.78, 5) is 225. The van der Waals surface area contributed by atoms with Gasteiger partial charge in [-0.3, -0.25) is 52.7 Å². The van der Waals surface area contributed by atoms with Crippen LogP contribution in [-0.4, -0.2) is 246 Å². The van der Waals surface area contributed by atoms with Crippen molar-refractivity contribution in [2.45, 2.75) is 290 Å². The Morgan fingerprint density at radius 1 is 0.434 bits per heavy atom. The second kappa shape index (κ2) is 46.0. The van der Waals surface area contributed by atoms with Crippen LogP contribution in [0.3, 0.4) is 0 Å². The molecule has 1 aromatic carbocycles. The topological polar surface area (TPSA) is 552 Å². The fourth-order valence-corrected chi connectivity index (χ4v) is 10.4. The predicted molar refractivity (Wildman–Crippen MR) is 410 cm³/mol. The lowest BCUT2D eigenvalue weighted by Gasteiger charge is -2.29. The zero-order chi connectivity index (χ0) is 86.1. The fourth-order valence-electron chi connectivity index (χ4n) is 10.4. The number of nitrogens with one attached hydrogen (secondary N) is 16. The number of rotatable bonds is 28. The van der Waals surface area contributed by atoms with Crippen LogP contribution in [0.5, 0.6) is 0 Å². The maximum Gasteiger partial charge on any atom is 0.407 e. The van der Waals surface area contributed by atoms with Crippen LogP contribution in [-0.2, 0) is 82.8 Å². The number of amides is 16. The van der Waals surface area contributed by atoms with Crippen LogP contribution in [0.2, 0.25) is 0 Å². The van der Waals surface area contributed by atoms with Crippen molar-refractivity contribution in [1.82, 2.24) is 85.1 Å². The molecule has 12 atom stereocenters. The molecule has 638 valence electrons. The molecule has 1 aromatic rings. The molecular formula is C74H124N16O23. The molecule has 0 spiro atoms. The van der Waals surface area contributed by atoms with Gasteiger partial charge in [0, 0.05) is 52.6 Å². The number of hydrogen-bond donors (Lipinski definition) is 18. The van der Waals surface area contributed by atoms with E-state index in [0.717, 1.165) is 20.8 Å². The van der Waals surface area contributed by atoms with Crippen LogP contribution in [0.15, 0.2) is 30.3 Å². The van der Waals surface area contributed by atoms with Crippen LogP contribution in [0, 0.1) is 5.92 Å². The quantitative estimate of drug-likeness (QED) is 0.0491. The van der Waals surface area contributed by atoms with Gasteiger partial charge in [-0.05, 0) is 174 Å². The smallest absolute Gasteiger partial charge is 0.407 e. The first kappa shape index (κ1) is 98.7. The number of benzene rings is 1. The van der Waals surface area contributed by atoms with Gasteiger partial charge in [-0.25, -0.2) is 24.0 Å². The van der Waals surface area contributed by atoms with Crippen molar-refractivity contribution in [3.8, 4) is 0 Å². The van der Waals surface area contributed by atoms with Gasteiger partial charge in [0.05, 0.1) is 12.2 Å². The Balaban J connectivity index is 3.10. The van der Waals surface area contributed by atoms with Crippen molar-refractivity contribution in [3.63, 3.8) is 0 Å². The van der Waals surface area contributed by atoms with Crippen LogP contribution < -0.4 is 85.1 Å². The maximum atomic E-state index is 15.3. The third-order valence-corrected chi connectivity index (χ3v) is 15.5. The number of carbonyl (C=O) groups excluding carboxylic acids is 16. The van der Waals surface area contributed by atoms with Gasteiger partial charge in [0.25, 0.3) is 0 Å². The molecule has 113 heavy (non-hydrogen) atoms. The molecule has 0 saturated carbocycles. The first-order valence-electron chi connectivity index (χ1n) is 37.6. The second-order valence-corrected chi connectivity index (χ2v) is 32.6. The van der Waals surface area contributed by atoms with Crippen molar-refractivity contribution in [3.05, 3.63) is 35.9 Å². The van der Waals surface area contributed by atoms with Gasteiger partial charge < -0.3 is 119 Å². The van der Waals surface area contributed by atoms with Crippen molar-refractivity contribution in [2.75, 3.05) is 39.3 Å². The van der Waals surface area contributed by atoms with E-state index in [2.05, 4.69) is 85.1 Å². The van der Waals surface area contributed by atoms with E-state index in [9.17, 15) is 67.7 Å². The van der Waals surface area contributed by atoms with Gasteiger partial charge in [0.2, 0.25) is 65.0 Å². The Hall–Kier alpha value is -10.3. The average molecular weight is 1610 g/mol. The Morgan fingerprint density at radius 2 is 0.788 bits per heavy atom. The summed E-state index contributed by atoms with van der Waals surface area (Å²) < 4.78 is 26.8. The molecule has 0 aromatic heterocycles. The van der Waals surface area contributed by atoms with Gasteiger partial charge in [0.1, 0.15) is 88.4 Å². The molecule has 0 unspecified atom stereocenters. The zero-order valence-corrected chi connectivity index (χ0v) is 68.8. The highest BCUT2D eigenvalue weighted by atomic mass is 16.6. The van der Waals surface area contributed by atoms with E-state index in [1.165, 1.54) is 0 Å². The highest BCUT2D eigenvalue weighted by molar-refractivity contribution is 5.99. The van der Waals surface area contributed by atoms with Crippen LogP contribution in [0.25, 0.3) is 0 Å². The lowest BCUT2D eigenvalue weighted by molar-refractivity contribution is -0.137. The Morgan fingerprint density at radius 3 is 1.17 bits per heavy atom. The van der Waals surface area contributed by atoms with Gasteiger partial charge in [0.15, 0.2) is 0 Å². The molecule has 1 heterocycles. The molecule has 1 saturated heterocycles. The van der Waals surface area contributed by atoms with Gasteiger partial charge in [-0.1, -0.05) is 44.2 Å². The van der Waals surface area contributed by atoms with E-state index in [1.807, 2.05) is 0 Å². The van der Waals surface area contributed by atoms with Crippen LogP contribution >= 0.6 is 0 Å². The van der Waals surface area contributed by atoms with Gasteiger partial charge in [-0.2, -0.15) is 0 Å². The molecule has 16 amide bonds. The number of aliphatic hydroxyl groups is 2. The van der Waals surface area contributed by atoms with Gasteiger partial charge in [-0.15, -0.1) is 0 Å². The van der Waals surface area contributed by atoms with Crippen molar-refractivity contribution < 1.29 is 111 Å². The number of aliphatic hydroxyl groups excluding tert-OH is 2. The summed E-state index contributed by atoms with van der Waals surface area (Å²) in [5.41, 5.74) is -4.47. The third kappa shape index (κ3) is 42.2. The summed E-state index contributed by atoms with van der Waals surface area (Å²) >= 11 is 0. The van der Waals surface area contributed by atoms with Crippen LogP contribution in [0.4, 0.5) is 24.0 Å².